The van der Waals surface area contributed by atoms with Gasteiger partial charge in [-0.15, -0.1) is 0 Å². The highest BCUT2D eigenvalue weighted by atomic mass is 16.1. The molecule has 1 aromatic rings. The van der Waals surface area contributed by atoms with Crippen LogP contribution in [0.3, 0.4) is 0 Å². The Kier molecular flexibility index (Phi) is 2.39. The number of pyridine rings is 1. The standard InChI is InChI=1S/C13H16N2O/c16-9-11-3-6-13(14-7-11)15(12-4-5-12)8-10-1-2-10/h3,6-7,9-10,12H,1-2,4-5,8H2. The Labute approximate surface area is 95.5 Å². The minimum absolute atomic E-state index is 0.658. The van der Waals surface area contributed by atoms with E-state index in [-0.39, 0.29) is 0 Å². The van der Waals surface area contributed by atoms with Crippen LogP contribution in [0.4, 0.5) is 5.82 Å². The van der Waals surface area contributed by atoms with Gasteiger partial charge in [-0.25, -0.2) is 4.98 Å². The monoisotopic (exact) mass is 216 g/mol. The Hall–Kier alpha value is -1.38. The maximum atomic E-state index is 10.6. The number of carbonyl (C=O) groups is 1. The molecule has 3 nitrogen and oxygen atoms in total. The molecule has 2 saturated carbocycles. The summed E-state index contributed by atoms with van der Waals surface area (Å²) in [6.45, 7) is 1.15. The summed E-state index contributed by atoms with van der Waals surface area (Å²) in [4.78, 5) is 17.4. The molecule has 0 N–H and O–H groups in total. The number of nitrogens with zero attached hydrogens (tertiary/aromatic N) is 2. The first-order valence-electron chi connectivity index (χ1n) is 6.04. The van der Waals surface area contributed by atoms with E-state index in [1.54, 1.807) is 6.20 Å². The molecule has 0 atom stereocenters. The molecule has 0 aliphatic heterocycles. The van der Waals surface area contributed by atoms with Crippen LogP contribution in [0.2, 0.25) is 0 Å². The Balaban J connectivity index is 1.77. The second kappa shape index (κ2) is 3.89. The zero-order valence-corrected chi connectivity index (χ0v) is 9.30. The van der Waals surface area contributed by atoms with E-state index in [4.69, 9.17) is 0 Å². The number of rotatable bonds is 5. The summed E-state index contributed by atoms with van der Waals surface area (Å²) in [6.07, 6.45) is 7.85. The van der Waals surface area contributed by atoms with Crippen molar-refractivity contribution < 1.29 is 4.79 Å². The zero-order valence-electron chi connectivity index (χ0n) is 9.30. The Morgan fingerprint density at radius 3 is 2.62 bits per heavy atom. The third kappa shape index (κ3) is 2.08. The predicted octanol–water partition coefficient (Wildman–Crippen LogP) is 2.27. The molecule has 3 rings (SSSR count). The number of aromatic nitrogens is 1. The fourth-order valence-electron chi connectivity index (χ4n) is 2.03. The SMILES string of the molecule is O=Cc1ccc(N(CC2CC2)C2CC2)nc1. The van der Waals surface area contributed by atoms with E-state index in [1.807, 2.05) is 12.1 Å². The van der Waals surface area contributed by atoms with Gasteiger partial charge in [-0.2, -0.15) is 0 Å². The van der Waals surface area contributed by atoms with Crippen molar-refractivity contribution in [1.29, 1.82) is 0 Å². The first-order valence-corrected chi connectivity index (χ1v) is 6.04. The quantitative estimate of drug-likeness (QED) is 0.708. The van der Waals surface area contributed by atoms with Gasteiger partial charge in [0.15, 0.2) is 6.29 Å². The van der Waals surface area contributed by atoms with Crippen LogP contribution in [0.5, 0.6) is 0 Å². The lowest BCUT2D eigenvalue weighted by Gasteiger charge is -2.23. The first-order chi connectivity index (χ1) is 7.86. The van der Waals surface area contributed by atoms with Crippen molar-refractivity contribution in [2.75, 3.05) is 11.4 Å². The zero-order chi connectivity index (χ0) is 11.0. The van der Waals surface area contributed by atoms with Crippen LogP contribution in [0.15, 0.2) is 18.3 Å². The van der Waals surface area contributed by atoms with Gasteiger partial charge in [0, 0.05) is 24.3 Å². The summed E-state index contributed by atoms with van der Waals surface area (Å²) in [6, 6.07) is 4.54. The highest BCUT2D eigenvalue weighted by molar-refractivity contribution is 5.74. The van der Waals surface area contributed by atoms with Crippen molar-refractivity contribution in [3.63, 3.8) is 0 Å². The van der Waals surface area contributed by atoms with Gasteiger partial charge in [0.05, 0.1) is 0 Å². The highest BCUT2D eigenvalue weighted by Crippen LogP contribution is 2.36. The van der Waals surface area contributed by atoms with E-state index in [9.17, 15) is 4.79 Å². The largest absolute Gasteiger partial charge is 0.353 e. The Morgan fingerprint density at radius 2 is 2.12 bits per heavy atom. The van der Waals surface area contributed by atoms with Crippen molar-refractivity contribution in [2.24, 2.45) is 5.92 Å². The van der Waals surface area contributed by atoms with E-state index in [0.29, 0.717) is 11.6 Å². The van der Waals surface area contributed by atoms with Gasteiger partial charge in [0.1, 0.15) is 5.82 Å². The van der Waals surface area contributed by atoms with E-state index in [0.717, 1.165) is 24.6 Å². The van der Waals surface area contributed by atoms with Crippen LogP contribution in [0.1, 0.15) is 36.0 Å². The maximum absolute atomic E-state index is 10.6. The highest BCUT2D eigenvalue weighted by Gasteiger charge is 2.34. The number of hydrogen-bond donors (Lipinski definition) is 0. The normalized spacial score (nSPS) is 19.5. The third-order valence-electron chi connectivity index (χ3n) is 3.34. The smallest absolute Gasteiger partial charge is 0.151 e. The molecule has 1 heterocycles. The van der Waals surface area contributed by atoms with Crippen molar-refractivity contribution >= 4 is 12.1 Å². The van der Waals surface area contributed by atoms with Crippen molar-refractivity contribution in [2.45, 2.75) is 31.7 Å². The molecule has 0 amide bonds. The summed E-state index contributed by atoms with van der Waals surface area (Å²) in [5.74, 6) is 1.92. The summed E-state index contributed by atoms with van der Waals surface area (Å²) in [5, 5.41) is 0. The van der Waals surface area contributed by atoms with E-state index in [2.05, 4.69) is 9.88 Å². The molecule has 0 radical (unpaired) electrons. The Morgan fingerprint density at radius 1 is 1.31 bits per heavy atom. The average Bonchev–Trinajstić information content (AvgIpc) is 3.16. The molecule has 3 heteroatoms. The van der Waals surface area contributed by atoms with Gasteiger partial charge >= 0.3 is 0 Å². The third-order valence-corrected chi connectivity index (χ3v) is 3.34. The molecule has 2 fully saturated rings. The van der Waals surface area contributed by atoms with Crippen LogP contribution >= 0.6 is 0 Å². The second-order valence-electron chi connectivity index (χ2n) is 4.89. The molecule has 16 heavy (non-hydrogen) atoms. The van der Waals surface area contributed by atoms with Crippen LogP contribution in [0, 0.1) is 5.92 Å². The molecule has 1 aromatic heterocycles. The lowest BCUT2D eigenvalue weighted by molar-refractivity contribution is 0.112. The molecule has 0 saturated heterocycles. The minimum Gasteiger partial charge on any atom is -0.353 e. The molecule has 0 bridgehead atoms. The van der Waals surface area contributed by atoms with Gasteiger partial charge in [0.2, 0.25) is 0 Å². The van der Waals surface area contributed by atoms with Crippen LogP contribution < -0.4 is 4.90 Å². The lowest BCUT2D eigenvalue weighted by atomic mass is 10.3. The summed E-state index contributed by atoms with van der Waals surface area (Å²) < 4.78 is 0. The van der Waals surface area contributed by atoms with Gasteiger partial charge in [-0.3, -0.25) is 4.79 Å². The van der Waals surface area contributed by atoms with E-state index < -0.39 is 0 Å². The van der Waals surface area contributed by atoms with Gasteiger partial charge in [0.25, 0.3) is 0 Å². The number of aldehydes is 1. The lowest BCUT2D eigenvalue weighted by Crippen LogP contribution is -2.28. The van der Waals surface area contributed by atoms with E-state index in [1.165, 1.54) is 25.7 Å². The molecular weight excluding hydrogens is 200 g/mol. The van der Waals surface area contributed by atoms with Gasteiger partial charge in [-0.1, -0.05) is 0 Å². The average molecular weight is 216 g/mol. The first kappa shape index (κ1) is 9.82. The van der Waals surface area contributed by atoms with Crippen molar-refractivity contribution in [1.82, 2.24) is 4.98 Å². The maximum Gasteiger partial charge on any atom is 0.151 e. The summed E-state index contributed by atoms with van der Waals surface area (Å²) >= 11 is 0. The molecule has 2 aliphatic carbocycles. The molecular formula is C13H16N2O. The second-order valence-corrected chi connectivity index (χ2v) is 4.89. The fraction of sp³-hybridized carbons (Fsp3) is 0.538. The number of carbonyl (C=O) groups excluding carboxylic acids is 1. The summed E-state index contributed by atoms with van der Waals surface area (Å²) in [7, 11) is 0. The van der Waals surface area contributed by atoms with Gasteiger partial charge < -0.3 is 4.90 Å². The van der Waals surface area contributed by atoms with Crippen molar-refractivity contribution in [3.8, 4) is 0 Å². The number of hydrogen-bond acceptors (Lipinski definition) is 3. The molecule has 0 unspecified atom stereocenters. The van der Waals surface area contributed by atoms with Crippen LogP contribution in [-0.4, -0.2) is 23.9 Å². The molecule has 84 valence electrons. The van der Waals surface area contributed by atoms with Gasteiger partial charge in [-0.05, 0) is 43.7 Å². The molecule has 2 aliphatic rings. The van der Waals surface area contributed by atoms with Crippen molar-refractivity contribution in [3.05, 3.63) is 23.9 Å². The molecule has 0 spiro atoms. The van der Waals surface area contributed by atoms with Crippen LogP contribution in [-0.2, 0) is 0 Å². The van der Waals surface area contributed by atoms with Crippen LogP contribution in [0.25, 0.3) is 0 Å². The fourth-order valence-corrected chi connectivity index (χ4v) is 2.03. The van der Waals surface area contributed by atoms with E-state index >= 15 is 0 Å². The topological polar surface area (TPSA) is 33.2 Å². The Bertz CT molecular complexity index is 379. The molecule has 0 aromatic carbocycles. The summed E-state index contributed by atoms with van der Waals surface area (Å²) in [5.41, 5.74) is 0.658. The number of anilines is 1. The minimum atomic E-state index is 0.658. The predicted molar refractivity (Wildman–Crippen MR) is 62.7 cm³/mol.